The highest BCUT2D eigenvalue weighted by Gasteiger charge is 2.09. The molecule has 3 aromatic rings. The Hall–Kier alpha value is -1.81. The van der Waals surface area contributed by atoms with Crippen LogP contribution in [0.3, 0.4) is 0 Å². The van der Waals surface area contributed by atoms with E-state index in [0.717, 1.165) is 33.5 Å². The lowest BCUT2D eigenvalue weighted by Crippen LogP contribution is -1.98. The standard InChI is InChI=1S/C16H15BrN2O/c1-19-15-7-6-13(20-2)10-14(15)18-16(19)9-11-4-3-5-12(17)8-11/h3-8,10H,9H2,1-2H3. The molecule has 0 amide bonds. The van der Waals surface area contributed by atoms with Crippen LogP contribution < -0.4 is 4.74 Å². The van der Waals surface area contributed by atoms with Crippen LogP contribution in [0.15, 0.2) is 46.9 Å². The van der Waals surface area contributed by atoms with Gasteiger partial charge in [0.1, 0.15) is 11.6 Å². The Kier molecular flexibility index (Phi) is 3.49. The smallest absolute Gasteiger partial charge is 0.121 e. The van der Waals surface area contributed by atoms with Crippen molar-refractivity contribution in [2.75, 3.05) is 7.11 Å². The molecule has 0 saturated heterocycles. The van der Waals surface area contributed by atoms with Gasteiger partial charge in [-0.05, 0) is 29.8 Å². The van der Waals surface area contributed by atoms with Crippen LogP contribution in [0.1, 0.15) is 11.4 Å². The van der Waals surface area contributed by atoms with Crippen LogP contribution in [-0.2, 0) is 13.5 Å². The van der Waals surface area contributed by atoms with E-state index >= 15 is 0 Å². The molecule has 0 unspecified atom stereocenters. The first-order chi connectivity index (χ1) is 9.67. The molecule has 0 N–H and O–H groups in total. The molecule has 0 saturated carbocycles. The Morgan fingerprint density at radius 1 is 1.20 bits per heavy atom. The summed E-state index contributed by atoms with van der Waals surface area (Å²) in [5.41, 5.74) is 3.33. The molecule has 0 spiro atoms. The minimum atomic E-state index is 0.812. The zero-order valence-electron chi connectivity index (χ0n) is 11.4. The van der Waals surface area contributed by atoms with Crippen molar-refractivity contribution in [2.24, 2.45) is 7.05 Å². The van der Waals surface area contributed by atoms with E-state index in [2.05, 4.69) is 39.7 Å². The minimum Gasteiger partial charge on any atom is -0.497 e. The van der Waals surface area contributed by atoms with Gasteiger partial charge in [-0.1, -0.05) is 28.1 Å². The molecule has 0 radical (unpaired) electrons. The third kappa shape index (κ3) is 2.43. The quantitative estimate of drug-likeness (QED) is 0.727. The van der Waals surface area contributed by atoms with Crippen molar-refractivity contribution in [3.05, 3.63) is 58.3 Å². The molecule has 2 aromatic carbocycles. The Labute approximate surface area is 126 Å². The van der Waals surface area contributed by atoms with Crippen LogP contribution in [0.2, 0.25) is 0 Å². The molecular weight excluding hydrogens is 316 g/mol. The molecule has 102 valence electrons. The molecule has 1 aromatic heterocycles. The van der Waals surface area contributed by atoms with E-state index in [1.165, 1.54) is 5.56 Å². The summed E-state index contributed by atoms with van der Waals surface area (Å²) >= 11 is 3.50. The molecule has 0 atom stereocenters. The lowest BCUT2D eigenvalue weighted by atomic mass is 10.1. The summed E-state index contributed by atoms with van der Waals surface area (Å²) < 4.78 is 8.48. The Morgan fingerprint density at radius 2 is 2.05 bits per heavy atom. The first-order valence-electron chi connectivity index (χ1n) is 6.41. The van der Waals surface area contributed by atoms with Crippen LogP contribution in [0.25, 0.3) is 11.0 Å². The number of imidazole rings is 1. The van der Waals surface area contributed by atoms with Gasteiger partial charge in [0, 0.05) is 24.0 Å². The third-order valence-corrected chi connectivity index (χ3v) is 3.93. The fourth-order valence-corrected chi connectivity index (χ4v) is 2.79. The van der Waals surface area contributed by atoms with Gasteiger partial charge in [-0.25, -0.2) is 4.98 Å². The van der Waals surface area contributed by atoms with Gasteiger partial charge in [0.15, 0.2) is 0 Å². The molecule has 20 heavy (non-hydrogen) atoms. The summed E-state index contributed by atoms with van der Waals surface area (Å²) in [5.74, 6) is 1.89. The zero-order valence-corrected chi connectivity index (χ0v) is 13.0. The molecule has 0 bridgehead atoms. The van der Waals surface area contributed by atoms with E-state index in [0.29, 0.717) is 0 Å². The summed E-state index contributed by atoms with van der Waals surface area (Å²) in [6, 6.07) is 14.3. The Balaban J connectivity index is 2.01. The molecule has 0 aliphatic heterocycles. The number of hydrogen-bond donors (Lipinski definition) is 0. The number of methoxy groups -OCH3 is 1. The van der Waals surface area contributed by atoms with E-state index in [4.69, 9.17) is 9.72 Å². The Morgan fingerprint density at radius 3 is 2.80 bits per heavy atom. The Bertz CT molecular complexity index is 764. The normalized spacial score (nSPS) is 10.9. The highest BCUT2D eigenvalue weighted by atomic mass is 79.9. The van der Waals surface area contributed by atoms with Crippen molar-refractivity contribution in [1.29, 1.82) is 0 Å². The van der Waals surface area contributed by atoms with Gasteiger partial charge in [-0.2, -0.15) is 0 Å². The van der Waals surface area contributed by atoms with E-state index in [1.54, 1.807) is 7.11 Å². The first-order valence-corrected chi connectivity index (χ1v) is 7.20. The number of aryl methyl sites for hydroxylation is 1. The SMILES string of the molecule is COc1ccc2c(c1)nc(Cc1cccc(Br)c1)n2C. The number of benzene rings is 2. The van der Waals surface area contributed by atoms with Crippen LogP contribution in [0.5, 0.6) is 5.75 Å². The number of aromatic nitrogens is 2. The van der Waals surface area contributed by atoms with E-state index in [9.17, 15) is 0 Å². The third-order valence-electron chi connectivity index (χ3n) is 3.43. The summed E-state index contributed by atoms with van der Waals surface area (Å²) in [6.07, 6.45) is 0.812. The van der Waals surface area contributed by atoms with Crippen LogP contribution in [-0.4, -0.2) is 16.7 Å². The molecule has 0 fully saturated rings. The summed E-state index contributed by atoms with van der Waals surface area (Å²) in [6.45, 7) is 0. The van der Waals surface area contributed by atoms with Crippen molar-refractivity contribution in [3.8, 4) is 5.75 Å². The van der Waals surface area contributed by atoms with Gasteiger partial charge in [-0.3, -0.25) is 0 Å². The maximum atomic E-state index is 5.25. The second-order valence-electron chi connectivity index (χ2n) is 4.75. The number of rotatable bonds is 3. The molecule has 4 heteroatoms. The number of nitrogens with zero attached hydrogens (tertiary/aromatic N) is 2. The first kappa shape index (κ1) is 13.2. The van der Waals surface area contributed by atoms with E-state index in [-0.39, 0.29) is 0 Å². The molecule has 1 heterocycles. The lowest BCUT2D eigenvalue weighted by molar-refractivity contribution is 0.415. The molecule has 0 aliphatic carbocycles. The minimum absolute atomic E-state index is 0.812. The van der Waals surface area contributed by atoms with Crippen molar-refractivity contribution in [2.45, 2.75) is 6.42 Å². The van der Waals surface area contributed by atoms with Crippen molar-refractivity contribution in [3.63, 3.8) is 0 Å². The average Bonchev–Trinajstić information content (AvgIpc) is 2.75. The molecular formula is C16H15BrN2O. The average molecular weight is 331 g/mol. The number of fused-ring (bicyclic) bond motifs is 1. The summed E-state index contributed by atoms with van der Waals surface area (Å²) in [7, 11) is 3.72. The topological polar surface area (TPSA) is 27.1 Å². The van der Waals surface area contributed by atoms with Crippen LogP contribution in [0.4, 0.5) is 0 Å². The van der Waals surface area contributed by atoms with Gasteiger partial charge >= 0.3 is 0 Å². The fraction of sp³-hybridized carbons (Fsp3) is 0.188. The number of halogens is 1. The predicted molar refractivity (Wildman–Crippen MR) is 84.2 cm³/mol. The van der Waals surface area contributed by atoms with Gasteiger partial charge in [-0.15, -0.1) is 0 Å². The summed E-state index contributed by atoms with van der Waals surface area (Å²) in [5, 5.41) is 0. The highest BCUT2D eigenvalue weighted by Crippen LogP contribution is 2.22. The maximum absolute atomic E-state index is 5.25. The van der Waals surface area contributed by atoms with E-state index in [1.807, 2.05) is 30.3 Å². The number of ether oxygens (including phenoxy) is 1. The summed E-state index contributed by atoms with van der Waals surface area (Å²) in [4.78, 5) is 4.71. The van der Waals surface area contributed by atoms with E-state index < -0.39 is 0 Å². The molecule has 3 nitrogen and oxygen atoms in total. The van der Waals surface area contributed by atoms with Crippen molar-refractivity contribution < 1.29 is 4.74 Å². The molecule has 3 rings (SSSR count). The van der Waals surface area contributed by atoms with Gasteiger partial charge in [0.05, 0.1) is 18.1 Å². The zero-order chi connectivity index (χ0) is 14.1. The van der Waals surface area contributed by atoms with Crippen LogP contribution >= 0.6 is 15.9 Å². The molecule has 0 aliphatic rings. The van der Waals surface area contributed by atoms with Crippen molar-refractivity contribution in [1.82, 2.24) is 9.55 Å². The van der Waals surface area contributed by atoms with Crippen molar-refractivity contribution >= 4 is 27.0 Å². The second-order valence-corrected chi connectivity index (χ2v) is 5.66. The van der Waals surface area contributed by atoms with Gasteiger partial charge in [0.25, 0.3) is 0 Å². The predicted octanol–water partition coefficient (Wildman–Crippen LogP) is 3.94. The monoisotopic (exact) mass is 330 g/mol. The largest absolute Gasteiger partial charge is 0.497 e. The van der Waals surface area contributed by atoms with Gasteiger partial charge < -0.3 is 9.30 Å². The van der Waals surface area contributed by atoms with Gasteiger partial charge in [0.2, 0.25) is 0 Å². The lowest BCUT2D eigenvalue weighted by Gasteiger charge is -2.03. The number of hydrogen-bond acceptors (Lipinski definition) is 2. The maximum Gasteiger partial charge on any atom is 0.121 e. The van der Waals surface area contributed by atoms with Crippen LogP contribution in [0, 0.1) is 0 Å². The second kappa shape index (κ2) is 5.29. The highest BCUT2D eigenvalue weighted by molar-refractivity contribution is 9.10. The fourth-order valence-electron chi connectivity index (χ4n) is 2.34.